The number of esters is 1. The van der Waals surface area contributed by atoms with E-state index in [2.05, 4.69) is 9.97 Å². The molecule has 1 aromatic heterocycles. The molecule has 1 aromatic carbocycles. The van der Waals surface area contributed by atoms with E-state index < -0.39 is 23.4 Å². The number of nitrogens with zero attached hydrogens (tertiary/aromatic N) is 1. The van der Waals surface area contributed by atoms with Crippen molar-refractivity contribution in [2.45, 2.75) is 12.5 Å². The molecule has 114 valence electrons. The molecule has 8 heteroatoms. The maximum Gasteiger partial charge on any atom is 0.325 e. The van der Waals surface area contributed by atoms with E-state index in [4.69, 9.17) is 10.5 Å². The third kappa shape index (κ3) is 3.48. The highest BCUT2D eigenvalue weighted by Crippen LogP contribution is 2.15. The van der Waals surface area contributed by atoms with Crippen molar-refractivity contribution in [3.8, 4) is 0 Å². The SMILES string of the molecule is Nc1ncc(C(C(=O)O)C(=O)OCc2ccccc2)c(=O)[nH]1. The van der Waals surface area contributed by atoms with Crippen LogP contribution in [0.15, 0.2) is 41.3 Å². The van der Waals surface area contributed by atoms with E-state index in [0.29, 0.717) is 5.56 Å². The number of ether oxygens (including phenoxy) is 1. The Morgan fingerprint density at radius 2 is 2.00 bits per heavy atom. The number of aromatic nitrogens is 2. The fourth-order valence-corrected chi connectivity index (χ4v) is 1.80. The van der Waals surface area contributed by atoms with E-state index in [-0.39, 0.29) is 18.1 Å². The molecule has 0 aliphatic carbocycles. The van der Waals surface area contributed by atoms with Crippen molar-refractivity contribution in [2.24, 2.45) is 0 Å². The normalized spacial score (nSPS) is 11.6. The molecule has 4 N–H and O–H groups in total. The van der Waals surface area contributed by atoms with Crippen molar-refractivity contribution in [2.75, 3.05) is 5.73 Å². The van der Waals surface area contributed by atoms with E-state index in [1.54, 1.807) is 30.3 Å². The monoisotopic (exact) mass is 303 g/mol. The molecule has 1 heterocycles. The average Bonchev–Trinajstić information content (AvgIpc) is 2.48. The maximum atomic E-state index is 12.0. The second kappa shape index (κ2) is 6.53. The molecule has 0 amide bonds. The van der Waals surface area contributed by atoms with E-state index in [0.717, 1.165) is 6.20 Å². The van der Waals surface area contributed by atoms with Gasteiger partial charge in [-0.25, -0.2) is 4.98 Å². The van der Waals surface area contributed by atoms with Gasteiger partial charge in [0.1, 0.15) is 6.61 Å². The van der Waals surface area contributed by atoms with Crippen LogP contribution in [0.5, 0.6) is 0 Å². The first-order valence-corrected chi connectivity index (χ1v) is 6.27. The van der Waals surface area contributed by atoms with Crippen LogP contribution in [0.4, 0.5) is 5.95 Å². The summed E-state index contributed by atoms with van der Waals surface area (Å²) in [5.74, 6) is -4.49. The van der Waals surface area contributed by atoms with Gasteiger partial charge in [0.05, 0.1) is 5.56 Å². The first-order valence-electron chi connectivity index (χ1n) is 6.27. The summed E-state index contributed by atoms with van der Waals surface area (Å²) >= 11 is 0. The third-order valence-corrected chi connectivity index (χ3v) is 2.86. The molecule has 0 radical (unpaired) electrons. The molecule has 2 aromatic rings. The zero-order valence-electron chi connectivity index (χ0n) is 11.4. The minimum Gasteiger partial charge on any atom is -0.480 e. The molecule has 1 atom stereocenters. The van der Waals surface area contributed by atoms with Gasteiger partial charge in [-0.2, -0.15) is 0 Å². The number of benzene rings is 1. The third-order valence-electron chi connectivity index (χ3n) is 2.86. The van der Waals surface area contributed by atoms with Crippen LogP contribution in [0.1, 0.15) is 17.0 Å². The lowest BCUT2D eigenvalue weighted by atomic mass is 10.0. The van der Waals surface area contributed by atoms with Crippen LogP contribution >= 0.6 is 0 Å². The van der Waals surface area contributed by atoms with Gasteiger partial charge >= 0.3 is 11.9 Å². The van der Waals surface area contributed by atoms with Gasteiger partial charge in [0.2, 0.25) is 0 Å². The Labute approximate surface area is 124 Å². The van der Waals surface area contributed by atoms with Crippen LogP contribution in [0.25, 0.3) is 0 Å². The number of hydrogen-bond acceptors (Lipinski definition) is 6. The van der Waals surface area contributed by atoms with Crippen LogP contribution in [0.2, 0.25) is 0 Å². The van der Waals surface area contributed by atoms with Crippen LogP contribution in [0, 0.1) is 0 Å². The number of aromatic amines is 1. The van der Waals surface area contributed by atoms with Gasteiger partial charge in [-0.1, -0.05) is 30.3 Å². The zero-order chi connectivity index (χ0) is 16.1. The second-order valence-electron chi connectivity index (χ2n) is 4.42. The molecular weight excluding hydrogens is 290 g/mol. The molecule has 1 unspecified atom stereocenters. The number of carboxylic acids is 1. The Morgan fingerprint density at radius 1 is 1.32 bits per heavy atom. The summed E-state index contributed by atoms with van der Waals surface area (Å²) < 4.78 is 4.96. The smallest absolute Gasteiger partial charge is 0.325 e. The highest BCUT2D eigenvalue weighted by Gasteiger charge is 2.32. The van der Waals surface area contributed by atoms with Gasteiger partial charge in [-0.15, -0.1) is 0 Å². The minimum absolute atomic E-state index is 0.0935. The molecule has 8 nitrogen and oxygen atoms in total. The Balaban J connectivity index is 2.19. The standard InChI is InChI=1S/C14H13N3O5/c15-14-16-6-9(11(18)17-14)10(12(19)20)13(21)22-7-8-4-2-1-3-5-8/h1-6,10H,7H2,(H,19,20)(H3,15,16,17,18). The summed E-state index contributed by atoms with van der Waals surface area (Å²) in [7, 11) is 0. The lowest BCUT2D eigenvalue weighted by molar-refractivity contribution is -0.155. The van der Waals surface area contributed by atoms with Gasteiger partial charge in [0, 0.05) is 6.20 Å². The van der Waals surface area contributed by atoms with Gasteiger partial charge < -0.3 is 15.6 Å². The van der Waals surface area contributed by atoms with Crippen molar-refractivity contribution in [3.05, 3.63) is 58.0 Å². The molecule has 0 aliphatic rings. The van der Waals surface area contributed by atoms with Crippen molar-refractivity contribution < 1.29 is 19.4 Å². The number of aliphatic carboxylic acids is 1. The summed E-state index contributed by atoms with van der Waals surface area (Å²) in [5, 5.41) is 9.18. The molecule has 0 saturated carbocycles. The van der Waals surface area contributed by atoms with Crippen LogP contribution < -0.4 is 11.3 Å². The molecule has 0 bridgehead atoms. The van der Waals surface area contributed by atoms with E-state index in [9.17, 15) is 19.5 Å². The number of rotatable bonds is 5. The summed E-state index contributed by atoms with van der Waals surface area (Å²) in [5.41, 5.74) is 4.85. The summed E-state index contributed by atoms with van der Waals surface area (Å²) in [6.07, 6.45) is 0.955. The highest BCUT2D eigenvalue weighted by molar-refractivity contribution is 5.99. The number of carbonyl (C=O) groups is 2. The highest BCUT2D eigenvalue weighted by atomic mass is 16.5. The molecule has 2 rings (SSSR count). The van der Waals surface area contributed by atoms with Crippen molar-refractivity contribution in [1.29, 1.82) is 0 Å². The Kier molecular flexibility index (Phi) is 4.52. The predicted octanol–water partition coefficient (Wildman–Crippen LogP) is 0.264. The van der Waals surface area contributed by atoms with E-state index in [1.165, 1.54) is 0 Å². The topological polar surface area (TPSA) is 135 Å². The summed E-state index contributed by atoms with van der Waals surface area (Å²) in [4.78, 5) is 40.7. The molecule has 0 aliphatic heterocycles. The zero-order valence-corrected chi connectivity index (χ0v) is 11.4. The Bertz CT molecular complexity index is 742. The van der Waals surface area contributed by atoms with Crippen LogP contribution in [-0.4, -0.2) is 27.0 Å². The van der Waals surface area contributed by atoms with Crippen molar-refractivity contribution >= 4 is 17.9 Å². The first-order chi connectivity index (χ1) is 10.5. The number of hydrogen-bond donors (Lipinski definition) is 3. The molecule has 0 spiro atoms. The number of H-pyrrole nitrogens is 1. The maximum absolute atomic E-state index is 12.0. The molecule has 0 fully saturated rings. The quantitative estimate of drug-likeness (QED) is 0.532. The second-order valence-corrected chi connectivity index (χ2v) is 4.42. The molecular formula is C14H13N3O5. The van der Waals surface area contributed by atoms with Gasteiger partial charge in [-0.3, -0.25) is 19.4 Å². The average molecular weight is 303 g/mol. The lowest BCUT2D eigenvalue weighted by Gasteiger charge is -2.11. The first kappa shape index (κ1) is 15.2. The number of anilines is 1. The Hall–Kier alpha value is -3.16. The number of nitrogen functional groups attached to an aromatic ring is 1. The number of carbonyl (C=O) groups excluding carboxylic acids is 1. The van der Waals surface area contributed by atoms with E-state index in [1.807, 2.05) is 0 Å². The number of nitrogens with one attached hydrogen (secondary N) is 1. The largest absolute Gasteiger partial charge is 0.480 e. The number of nitrogens with two attached hydrogens (primary N) is 1. The molecule has 22 heavy (non-hydrogen) atoms. The summed E-state index contributed by atoms with van der Waals surface area (Å²) in [6, 6.07) is 8.76. The van der Waals surface area contributed by atoms with E-state index >= 15 is 0 Å². The van der Waals surface area contributed by atoms with Crippen molar-refractivity contribution in [3.63, 3.8) is 0 Å². The van der Waals surface area contributed by atoms with Gasteiger partial charge in [0.15, 0.2) is 11.9 Å². The predicted molar refractivity (Wildman–Crippen MR) is 75.9 cm³/mol. The number of carboxylic acid groups (broad SMARTS) is 1. The van der Waals surface area contributed by atoms with Crippen LogP contribution in [-0.2, 0) is 20.9 Å². The van der Waals surface area contributed by atoms with Gasteiger partial charge in [0.25, 0.3) is 5.56 Å². The Morgan fingerprint density at radius 3 is 2.59 bits per heavy atom. The van der Waals surface area contributed by atoms with Gasteiger partial charge in [-0.05, 0) is 5.56 Å². The fraction of sp³-hybridized carbons (Fsp3) is 0.143. The van der Waals surface area contributed by atoms with Crippen molar-refractivity contribution in [1.82, 2.24) is 9.97 Å². The molecule has 0 saturated heterocycles. The lowest BCUT2D eigenvalue weighted by Crippen LogP contribution is -2.30. The van der Waals surface area contributed by atoms with Crippen LogP contribution in [0.3, 0.4) is 0 Å². The summed E-state index contributed by atoms with van der Waals surface area (Å²) in [6.45, 7) is -0.0935. The minimum atomic E-state index is -1.76. The fourth-order valence-electron chi connectivity index (χ4n) is 1.80.